The Labute approximate surface area is 179 Å². The quantitative estimate of drug-likeness (QED) is 0.500. The number of hydrogen-bond donors (Lipinski definition) is 2. The van der Waals surface area contributed by atoms with Crippen molar-refractivity contribution < 1.29 is 18.7 Å². The van der Waals surface area contributed by atoms with Crippen molar-refractivity contribution >= 4 is 11.6 Å². The summed E-state index contributed by atoms with van der Waals surface area (Å²) in [6, 6.07) is 12.9. The van der Waals surface area contributed by atoms with Gasteiger partial charge in [-0.3, -0.25) is 14.3 Å². The number of hydrogen-bond acceptors (Lipinski definition) is 5. The number of halogens is 2. The van der Waals surface area contributed by atoms with Gasteiger partial charge in [-0.1, -0.05) is 24.3 Å². The molecule has 4 aromatic rings. The van der Waals surface area contributed by atoms with Gasteiger partial charge >= 0.3 is 5.56 Å². The van der Waals surface area contributed by atoms with E-state index in [1.807, 2.05) is 6.07 Å². The Morgan fingerprint density at radius 2 is 1.66 bits per heavy atom. The molecular weight excluding hydrogens is 420 g/mol. The number of aromatic nitrogens is 3. The SMILES string of the molecule is N#Cc1cn(Cc2ccc(F)cc2)n2c(=O)c(O)c(C(=O)NCc3ccc(F)cc3)nc12. The Morgan fingerprint density at radius 1 is 1.06 bits per heavy atom. The molecule has 0 unspecified atom stereocenters. The average molecular weight is 435 g/mol. The van der Waals surface area contributed by atoms with Crippen LogP contribution in [0.25, 0.3) is 5.65 Å². The predicted octanol–water partition coefficient (Wildman–Crippen LogP) is 2.33. The first-order chi connectivity index (χ1) is 15.4. The van der Waals surface area contributed by atoms with Crippen molar-refractivity contribution in [1.29, 1.82) is 5.26 Å². The zero-order chi connectivity index (χ0) is 22.8. The van der Waals surface area contributed by atoms with E-state index in [-0.39, 0.29) is 24.3 Å². The van der Waals surface area contributed by atoms with Gasteiger partial charge in [-0.25, -0.2) is 13.8 Å². The zero-order valence-corrected chi connectivity index (χ0v) is 16.4. The van der Waals surface area contributed by atoms with Crippen molar-refractivity contribution in [2.24, 2.45) is 0 Å². The van der Waals surface area contributed by atoms with Crippen LogP contribution >= 0.6 is 0 Å². The van der Waals surface area contributed by atoms with Crippen molar-refractivity contribution in [1.82, 2.24) is 19.5 Å². The summed E-state index contributed by atoms with van der Waals surface area (Å²) < 4.78 is 28.5. The van der Waals surface area contributed by atoms with Crippen molar-refractivity contribution in [2.75, 3.05) is 0 Å². The number of nitrogens with one attached hydrogen (secondary N) is 1. The third-order valence-corrected chi connectivity index (χ3v) is 4.77. The third-order valence-electron chi connectivity index (χ3n) is 4.77. The molecule has 2 aromatic heterocycles. The highest BCUT2D eigenvalue weighted by Gasteiger charge is 2.22. The van der Waals surface area contributed by atoms with Gasteiger partial charge in [0.05, 0.1) is 6.54 Å². The monoisotopic (exact) mass is 435 g/mol. The lowest BCUT2D eigenvalue weighted by atomic mass is 10.2. The van der Waals surface area contributed by atoms with E-state index in [1.54, 1.807) is 0 Å². The van der Waals surface area contributed by atoms with Gasteiger partial charge in [-0.15, -0.1) is 0 Å². The summed E-state index contributed by atoms with van der Waals surface area (Å²) in [6.07, 6.45) is 1.35. The van der Waals surface area contributed by atoms with Crippen molar-refractivity contribution in [3.63, 3.8) is 0 Å². The van der Waals surface area contributed by atoms with Crippen LogP contribution in [0, 0.1) is 23.0 Å². The van der Waals surface area contributed by atoms with Gasteiger partial charge in [0, 0.05) is 12.7 Å². The van der Waals surface area contributed by atoms with Gasteiger partial charge in [0.15, 0.2) is 11.3 Å². The van der Waals surface area contributed by atoms with Gasteiger partial charge < -0.3 is 10.4 Å². The third kappa shape index (κ3) is 3.91. The van der Waals surface area contributed by atoms with E-state index in [1.165, 1.54) is 59.4 Å². The summed E-state index contributed by atoms with van der Waals surface area (Å²) in [5, 5.41) is 22.3. The molecular formula is C22H15F2N5O3. The maximum atomic E-state index is 13.2. The number of nitriles is 1. The minimum atomic E-state index is -0.939. The van der Waals surface area contributed by atoms with Crippen LogP contribution in [-0.4, -0.2) is 25.2 Å². The molecule has 0 saturated heterocycles. The number of amides is 1. The molecule has 10 heteroatoms. The van der Waals surface area contributed by atoms with E-state index in [0.29, 0.717) is 11.1 Å². The van der Waals surface area contributed by atoms with Crippen molar-refractivity contribution in [3.8, 4) is 11.8 Å². The number of carbonyl (C=O) groups excluding carboxylic acids is 1. The molecule has 2 aromatic carbocycles. The number of nitrogens with zero attached hydrogens (tertiary/aromatic N) is 4. The van der Waals surface area contributed by atoms with Crippen LogP contribution in [0.2, 0.25) is 0 Å². The molecule has 8 nitrogen and oxygen atoms in total. The highest BCUT2D eigenvalue weighted by atomic mass is 19.1. The standard InChI is InChI=1S/C22H15F2N5O3/c23-16-5-1-13(2-6-16)10-26-21(31)18-19(30)22(32)29-20(27-18)15(9-25)12-28(29)11-14-3-7-17(24)8-4-14/h1-8,12,30H,10-11H2,(H,26,31). The number of benzene rings is 2. The number of fused-ring (bicyclic) bond motifs is 1. The van der Waals surface area contributed by atoms with Crippen LogP contribution in [0.1, 0.15) is 27.2 Å². The summed E-state index contributed by atoms with van der Waals surface area (Å²) in [5.41, 5.74) is -0.333. The summed E-state index contributed by atoms with van der Waals surface area (Å²) in [6.45, 7) is 0.103. The molecule has 0 atom stereocenters. The van der Waals surface area contributed by atoms with E-state index in [4.69, 9.17) is 0 Å². The Bertz CT molecular complexity index is 1420. The molecule has 160 valence electrons. The van der Waals surface area contributed by atoms with Crippen molar-refractivity contribution in [2.45, 2.75) is 13.1 Å². The normalized spacial score (nSPS) is 10.8. The molecule has 0 spiro atoms. The van der Waals surface area contributed by atoms with Crippen LogP contribution in [-0.2, 0) is 13.1 Å². The number of rotatable bonds is 5. The second kappa shape index (κ2) is 8.31. The molecule has 2 N–H and O–H groups in total. The van der Waals surface area contributed by atoms with Gasteiger partial charge in [0.25, 0.3) is 5.91 Å². The summed E-state index contributed by atoms with van der Waals surface area (Å²) >= 11 is 0. The zero-order valence-electron chi connectivity index (χ0n) is 16.4. The average Bonchev–Trinajstić information content (AvgIpc) is 3.14. The first kappa shape index (κ1) is 20.7. The van der Waals surface area contributed by atoms with E-state index in [0.717, 1.165) is 4.52 Å². The fraction of sp³-hybridized carbons (Fsp3) is 0.0909. The predicted molar refractivity (Wildman–Crippen MR) is 109 cm³/mol. The summed E-state index contributed by atoms with van der Waals surface area (Å²) in [5.74, 6) is -2.56. The Kier molecular flexibility index (Phi) is 5.39. The molecule has 32 heavy (non-hydrogen) atoms. The molecule has 0 bridgehead atoms. The van der Waals surface area contributed by atoms with Crippen LogP contribution < -0.4 is 10.9 Å². The highest BCUT2D eigenvalue weighted by Crippen LogP contribution is 2.16. The van der Waals surface area contributed by atoms with Crippen LogP contribution in [0.4, 0.5) is 8.78 Å². The first-order valence-electron chi connectivity index (χ1n) is 9.39. The van der Waals surface area contributed by atoms with E-state index < -0.39 is 34.5 Å². The topological polar surface area (TPSA) is 112 Å². The smallest absolute Gasteiger partial charge is 0.315 e. The molecule has 0 fully saturated rings. The largest absolute Gasteiger partial charge is 0.501 e. The second-order valence-electron chi connectivity index (χ2n) is 6.94. The van der Waals surface area contributed by atoms with Gasteiger partial charge in [0.1, 0.15) is 23.3 Å². The molecule has 0 aliphatic carbocycles. The first-order valence-corrected chi connectivity index (χ1v) is 9.39. The lowest BCUT2D eigenvalue weighted by Crippen LogP contribution is -2.29. The fourth-order valence-electron chi connectivity index (χ4n) is 3.18. The molecule has 0 aliphatic heterocycles. The fourth-order valence-corrected chi connectivity index (χ4v) is 3.18. The maximum absolute atomic E-state index is 13.2. The lowest BCUT2D eigenvalue weighted by Gasteiger charge is -2.09. The molecule has 0 saturated carbocycles. The van der Waals surface area contributed by atoms with Crippen LogP contribution in [0.5, 0.6) is 5.75 Å². The Morgan fingerprint density at radius 3 is 2.25 bits per heavy atom. The van der Waals surface area contributed by atoms with E-state index >= 15 is 0 Å². The van der Waals surface area contributed by atoms with Crippen molar-refractivity contribution in [3.05, 3.63) is 99.1 Å². The Balaban J connectivity index is 1.69. The van der Waals surface area contributed by atoms with E-state index in [9.17, 15) is 28.7 Å². The van der Waals surface area contributed by atoms with Gasteiger partial charge in [-0.05, 0) is 35.4 Å². The lowest BCUT2D eigenvalue weighted by molar-refractivity contribution is 0.0942. The van der Waals surface area contributed by atoms with Gasteiger partial charge in [-0.2, -0.15) is 9.78 Å². The van der Waals surface area contributed by atoms with Crippen LogP contribution in [0.15, 0.2) is 59.5 Å². The second-order valence-corrected chi connectivity index (χ2v) is 6.94. The van der Waals surface area contributed by atoms with E-state index in [2.05, 4.69) is 10.3 Å². The molecule has 0 radical (unpaired) electrons. The molecule has 0 aliphatic rings. The molecule has 4 rings (SSSR count). The molecule has 2 heterocycles. The van der Waals surface area contributed by atoms with Gasteiger partial charge in [0.2, 0.25) is 5.75 Å². The molecule has 1 amide bonds. The van der Waals surface area contributed by atoms with Crippen LogP contribution in [0.3, 0.4) is 0 Å². The minimum Gasteiger partial charge on any atom is -0.501 e. The summed E-state index contributed by atoms with van der Waals surface area (Å²) in [4.78, 5) is 29.4. The minimum absolute atomic E-state index is 0.0102. The number of carbonyl (C=O) groups is 1. The highest BCUT2D eigenvalue weighted by molar-refractivity contribution is 5.95. The summed E-state index contributed by atoms with van der Waals surface area (Å²) in [7, 11) is 0. The Hall–Kier alpha value is -4.52. The maximum Gasteiger partial charge on any atom is 0.315 e. The number of aromatic hydroxyl groups is 1.